The molecule has 8 rings (SSSR count). The van der Waals surface area contributed by atoms with Crippen LogP contribution in [0.2, 0.25) is 5.02 Å². The summed E-state index contributed by atoms with van der Waals surface area (Å²) in [7, 11) is 0. The average molecular weight is 654 g/mol. The predicted molar refractivity (Wildman–Crippen MR) is 169 cm³/mol. The fourth-order valence-electron chi connectivity index (χ4n) is 6.33. The molecule has 3 heterocycles. The fraction of sp³-hybridized carbons (Fsp3) is 0.200. The molecule has 1 N–H and O–H groups in total. The number of carboxylic acid groups (broad SMARTS) is 1. The number of ether oxygens (including phenoxy) is 2. The predicted octanol–water partition coefficient (Wildman–Crippen LogP) is 7.35. The molecule has 1 fully saturated rings. The van der Waals surface area contributed by atoms with Crippen LogP contribution < -0.4 is 9.47 Å². The highest BCUT2D eigenvalue weighted by Crippen LogP contribution is 2.50. The first kappa shape index (κ1) is 29.1. The lowest BCUT2D eigenvalue weighted by Gasteiger charge is -2.24. The van der Waals surface area contributed by atoms with Gasteiger partial charge in [0.1, 0.15) is 17.5 Å². The minimum atomic E-state index is -1.45. The Labute approximate surface area is 272 Å². The number of halogens is 3. The second-order valence-corrected chi connectivity index (χ2v) is 12.5. The molecule has 1 aliphatic heterocycles. The van der Waals surface area contributed by atoms with E-state index in [0.29, 0.717) is 51.6 Å². The van der Waals surface area contributed by atoms with E-state index in [4.69, 9.17) is 26.1 Å². The summed E-state index contributed by atoms with van der Waals surface area (Å²) in [5.41, 5.74) is 2.82. The van der Waals surface area contributed by atoms with Crippen LogP contribution in [0.25, 0.3) is 22.2 Å². The summed E-state index contributed by atoms with van der Waals surface area (Å²) in [4.78, 5) is 16.6. The van der Waals surface area contributed by atoms with Crippen molar-refractivity contribution in [2.75, 3.05) is 0 Å². The van der Waals surface area contributed by atoms with E-state index in [1.54, 1.807) is 61.7 Å². The van der Waals surface area contributed by atoms with Gasteiger partial charge in [0, 0.05) is 36.7 Å². The molecule has 0 saturated heterocycles. The third-order valence-electron chi connectivity index (χ3n) is 8.98. The van der Waals surface area contributed by atoms with E-state index in [1.165, 1.54) is 24.3 Å². The number of imidazole rings is 1. The molecule has 12 heteroatoms. The molecule has 4 aromatic carbocycles. The topological polar surface area (TPSA) is 104 Å². The molecule has 0 spiro atoms. The zero-order chi connectivity index (χ0) is 32.5. The number of hydrogen-bond donors (Lipinski definition) is 1. The Kier molecular flexibility index (Phi) is 6.59. The Morgan fingerprint density at radius 2 is 1.87 bits per heavy atom. The van der Waals surface area contributed by atoms with Gasteiger partial charge in [-0.05, 0) is 72.5 Å². The number of carboxylic acids is 1. The van der Waals surface area contributed by atoms with Crippen molar-refractivity contribution in [2.24, 2.45) is 0 Å². The highest BCUT2D eigenvalue weighted by atomic mass is 35.5. The Morgan fingerprint density at radius 3 is 2.60 bits per heavy atom. The minimum absolute atomic E-state index is 0.142. The molecule has 1 aliphatic carbocycles. The monoisotopic (exact) mass is 653 g/mol. The van der Waals surface area contributed by atoms with Gasteiger partial charge in [-0.1, -0.05) is 41.1 Å². The summed E-state index contributed by atoms with van der Waals surface area (Å²) in [5, 5.41) is 18.1. The normalized spacial score (nSPS) is 17.7. The second-order valence-electron chi connectivity index (χ2n) is 12.1. The first-order valence-electron chi connectivity index (χ1n) is 15.0. The summed E-state index contributed by atoms with van der Waals surface area (Å²) in [6.07, 6.45) is 5.35. The van der Waals surface area contributed by atoms with Gasteiger partial charge in [-0.2, -0.15) is 0 Å². The Hall–Kier alpha value is -5.29. The maximum Gasteiger partial charge on any atom is 0.335 e. The molecule has 47 heavy (non-hydrogen) atoms. The number of benzene rings is 4. The van der Waals surface area contributed by atoms with Crippen LogP contribution in [0.5, 0.6) is 11.5 Å². The molecule has 1 atom stereocenters. The van der Waals surface area contributed by atoms with Gasteiger partial charge in [0.2, 0.25) is 0 Å². The Morgan fingerprint density at radius 1 is 1.02 bits per heavy atom. The number of rotatable bonds is 8. The largest absolute Gasteiger partial charge is 0.478 e. The number of nitrogens with zero attached hydrogens (tertiary/aromatic N) is 5. The van der Waals surface area contributed by atoms with Crippen molar-refractivity contribution < 1.29 is 28.2 Å². The van der Waals surface area contributed by atoms with Gasteiger partial charge in [0.25, 0.3) is 5.79 Å². The lowest BCUT2D eigenvalue weighted by molar-refractivity contribution is -0.0705. The lowest BCUT2D eigenvalue weighted by Crippen LogP contribution is -2.32. The number of aromatic carboxylic acids is 1. The molecule has 9 nitrogen and oxygen atoms in total. The number of para-hydroxylation sites is 1. The molecular formula is C35H26ClF2N5O4. The van der Waals surface area contributed by atoms with E-state index >= 15 is 4.39 Å². The molecule has 1 saturated carbocycles. The van der Waals surface area contributed by atoms with E-state index in [1.807, 2.05) is 15.4 Å². The number of fused-ring (bicyclic) bond motifs is 2. The maximum absolute atomic E-state index is 15.9. The number of hydrogen-bond acceptors (Lipinski definition) is 6. The summed E-state index contributed by atoms with van der Waals surface area (Å²) in [6, 6.07) is 19.3. The van der Waals surface area contributed by atoms with Crippen molar-refractivity contribution in [3.8, 4) is 22.6 Å². The van der Waals surface area contributed by atoms with Crippen molar-refractivity contribution in [3.05, 3.63) is 124 Å². The number of carbonyl (C=O) groups is 1. The molecule has 6 aromatic rings. The van der Waals surface area contributed by atoms with E-state index in [-0.39, 0.29) is 28.1 Å². The first-order valence-corrected chi connectivity index (χ1v) is 15.3. The molecule has 0 bridgehead atoms. The van der Waals surface area contributed by atoms with E-state index in [9.17, 15) is 14.3 Å². The zero-order valence-electron chi connectivity index (χ0n) is 25.0. The molecule has 2 aliphatic rings. The van der Waals surface area contributed by atoms with Gasteiger partial charge >= 0.3 is 5.97 Å². The fourth-order valence-corrected chi connectivity index (χ4v) is 6.49. The Bertz CT molecular complexity index is 2220. The zero-order valence-corrected chi connectivity index (χ0v) is 25.7. The SMILES string of the molecule is CC1(c2ccc(Cl)cc2F)Oc2cccc(-c3ccc(Cc4nc5ccc(C(=O)O)cc5n4CC4(n5ccnn5)CC4)c(F)c3)c2O1. The van der Waals surface area contributed by atoms with Crippen molar-refractivity contribution in [2.45, 2.75) is 44.1 Å². The molecular weight excluding hydrogens is 628 g/mol. The van der Waals surface area contributed by atoms with E-state index in [2.05, 4.69) is 10.3 Å². The van der Waals surface area contributed by atoms with Crippen LogP contribution in [0.15, 0.2) is 85.2 Å². The quantitative estimate of drug-likeness (QED) is 0.183. The van der Waals surface area contributed by atoms with Crippen LogP contribution in [-0.4, -0.2) is 35.6 Å². The van der Waals surface area contributed by atoms with Gasteiger partial charge in [0.15, 0.2) is 11.5 Å². The van der Waals surface area contributed by atoms with Crippen LogP contribution in [0.3, 0.4) is 0 Å². The summed E-state index contributed by atoms with van der Waals surface area (Å²) in [6.45, 7) is 2.10. The summed E-state index contributed by atoms with van der Waals surface area (Å²) < 4.78 is 46.9. The second kappa shape index (κ2) is 10.6. The molecule has 0 radical (unpaired) electrons. The van der Waals surface area contributed by atoms with Gasteiger partial charge in [-0.15, -0.1) is 5.10 Å². The first-order chi connectivity index (χ1) is 22.6. The van der Waals surface area contributed by atoms with Crippen molar-refractivity contribution >= 4 is 28.6 Å². The number of aromatic nitrogens is 5. The third kappa shape index (κ3) is 4.98. The van der Waals surface area contributed by atoms with Crippen molar-refractivity contribution in [1.29, 1.82) is 0 Å². The maximum atomic E-state index is 15.9. The summed E-state index contributed by atoms with van der Waals surface area (Å²) in [5.74, 6) is -2.14. The standard InChI is InChI=1S/C35H26ClF2N5O4/c1-34(25-9-8-23(36)18-27(25)38)46-30-4-2-3-24(32(30)47-34)20-5-6-21(26(37)15-20)17-31-40-28-10-7-22(33(44)45)16-29(28)42(31)19-35(11-12-35)43-14-13-39-41-43/h2-10,13-16,18H,11-12,17,19H2,1H3,(H,44,45). The Balaban J connectivity index is 1.13. The van der Waals surface area contributed by atoms with Crippen molar-refractivity contribution in [3.63, 3.8) is 0 Å². The van der Waals surface area contributed by atoms with Gasteiger partial charge in [-0.25, -0.2) is 23.2 Å². The van der Waals surface area contributed by atoms with Crippen molar-refractivity contribution in [1.82, 2.24) is 24.5 Å². The highest BCUT2D eigenvalue weighted by Gasteiger charge is 2.47. The third-order valence-corrected chi connectivity index (χ3v) is 9.21. The van der Waals surface area contributed by atoms with Gasteiger partial charge in [-0.3, -0.25) is 0 Å². The molecule has 2 aromatic heterocycles. The molecule has 1 unspecified atom stereocenters. The average Bonchev–Trinajstić information content (AvgIpc) is 3.34. The van der Waals surface area contributed by atoms with Gasteiger partial charge < -0.3 is 19.1 Å². The summed E-state index contributed by atoms with van der Waals surface area (Å²) >= 11 is 5.95. The van der Waals surface area contributed by atoms with E-state index in [0.717, 1.165) is 12.8 Å². The van der Waals surface area contributed by atoms with Crippen LogP contribution in [-0.2, 0) is 24.3 Å². The van der Waals surface area contributed by atoms with E-state index < -0.39 is 23.4 Å². The molecule has 0 amide bonds. The van der Waals surface area contributed by atoms with Gasteiger partial charge in [0.05, 0.1) is 33.9 Å². The lowest BCUT2D eigenvalue weighted by atomic mass is 10.0. The molecule has 236 valence electrons. The highest BCUT2D eigenvalue weighted by molar-refractivity contribution is 6.30. The van der Waals surface area contributed by atoms with Crippen LogP contribution in [0, 0.1) is 11.6 Å². The van der Waals surface area contributed by atoms with Crippen LogP contribution in [0.4, 0.5) is 8.78 Å². The van der Waals surface area contributed by atoms with Crippen LogP contribution in [0.1, 0.15) is 47.1 Å². The minimum Gasteiger partial charge on any atom is -0.478 e. The van der Waals surface area contributed by atoms with Crippen LogP contribution >= 0.6 is 11.6 Å². The smallest absolute Gasteiger partial charge is 0.335 e.